The summed E-state index contributed by atoms with van der Waals surface area (Å²) in [5, 5.41) is 17.7. The van der Waals surface area contributed by atoms with Crippen LogP contribution < -0.4 is 0 Å². The number of benzene rings is 1. The third-order valence-electron chi connectivity index (χ3n) is 1.98. The molecule has 1 N–H and O–H groups in total. The number of aliphatic hydroxyl groups is 1. The highest BCUT2D eigenvalue weighted by Crippen LogP contribution is 2.14. The third kappa shape index (κ3) is 3.91. The van der Waals surface area contributed by atoms with Crippen LogP contribution in [-0.4, -0.2) is 11.2 Å². The van der Waals surface area contributed by atoms with Crippen LogP contribution in [0.15, 0.2) is 28.7 Å². The van der Waals surface area contributed by atoms with Crippen LogP contribution in [-0.2, 0) is 6.42 Å². The van der Waals surface area contributed by atoms with E-state index in [9.17, 15) is 5.11 Å². The fourth-order valence-corrected chi connectivity index (χ4v) is 1.68. The first-order valence-electron chi connectivity index (χ1n) is 4.52. The molecule has 0 aliphatic carbocycles. The van der Waals surface area contributed by atoms with Gasteiger partial charge in [-0.2, -0.15) is 5.26 Å². The number of hydrogen-bond acceptors (Lipinski definition) is 2. The van der Waals surface area contributed by atoms with Crippen LogP contribution in [0.2, 0.25) is 0 Å². The summed E-state index contributed by atoms with van der Waals surface area (Å²) in [6.45, 7) is 0. The summed E-state index contributed by atoms with van der Waals surface area (Å²) in [5.74, 6) is 0. The lowest BCUT2D eigenvalue weighted by atomic mass is 10.1. The summed E-state index contributed by atoms with van der Waals surface area (Å²) in [4.78, 5) is 0. The van der Waals surface area contributed by atoms with E-state index in [1.54, 1.807) is 0 Å². The van der Waals surface area contributed by atoms with E-state index in [1.807, 2.05) is 30.3 Å². The Kier molecular flexibility index (Phi) is 4.64. The van der Waals surface area contributed by atoms with Crippen LogP contribution in [0.5, 0.6) is 0 Å². The number of aryl methyl sites for hydroxylation is 1. The molecule has 0 amide bonds. The highest BCUT2D eigenvalue weighted by Gasteiger charge is 2.03. The molecule has 74 valence electrons. The minimum atomic E-state index is -0.501. The molecule has 1 atom stereocenters. The highest BCUT2D eigenvalue weighted by molar-refractivity contribution is 9.10. The van der Waals surface area contributed by atoms with Crippen molar-refractivity contribution in [3.63, 3.8) is 0 Å². The molecule has 0 aromatic heterocycles. The molecule has 0 spiro atoms. The summed E-state index contributed by atoms with van der Waals surface area (Å²) in [5.41, 5.74) is 1.18. The number of nitrogens with zero attached hydrogens (tertiary/aromatic N) is 1. The first kappa shape index (κ1) is 11.2. The van der Waals surface area contributed by atoms with Crippen molar-refractivity contribution < 1.29 is 5.11 Å². The fraction of sp³-hybridized carbons (Fsp3) is 0.364. The lowest BCUT2D eigenvalue weighted by Crippen LogP contribution is -2.06. The molecule has 1 rings (SSSR count). The molecule has 3 heteroatoms. The lowest BCUT2D eigenvalue weighted by Gasteiger charge is -2.06. The fourth-order valence-electron chi connectivity index (χ4n) is 1.23. The third-order valence-corrected chi connectivity index (χ3v) is 2.48. The maximum Gasteiger partial charge on any atom is 0.0673 e. The van der Waals surface area contributed by atoms with Gasteiger partial charge in [-0.1, -0.05) is 28.1 Å². The smallest absolute Gasteiger partial charge is 0.0673 e. The predicted octanol–water partition coefficient (Wildman–Crippen LogP) is 2.66. The van der Waals surface area contributed by atoms with E-state index in [4.69, 9.17) is 5.26 Å². The van der Waals surface area contributed by atoms with Crippen molar-refractivity contribution in [2.45, 2.75) is 25.4 Å². The summed E-state index contributed by atoms with van der Waals surface area (Å²) < 4.78 is 1.05. The summed E-state index contributed by atoms with van der Waals surface area (Å²) in [6.07, 6.45) is 1.17. The number of hydrogen-bond donors (Lipinski definition) is 1. The molecule has 0 radical (unpaired) electrons. The van der Waals surface area contributed by atoms with E-state index in [1.165, 1.54) is 5.56 Å². The van der Waals surface area contributed by atoms with Crippen molar-refractivity contribution in [2.75, 3.05) is 0 Å². The van der Waals surface area contributed by atoms with E-state index >= 15 is 0 Å². The van der Waals surface area contributed by atoms with E-state index in [-0.39, 0.29) is 6.42 Å². The Balaban J connectivity index is 2.42. The second-order valence-electron chi connectivity index (χ2n) is 3.18. The molecule has 0 fully saturated rings. The van der Waals surface area contributed by atoms with Gasteiger partial charge in [-0.05, 0) is 30.5 Å². The minimum absolute atomic E-state index is 0.216. The van der Waals surface area contributed by atoms with Gasteiger partial charge in [0.25, 0.3) is 0 Å². The van der Waals surface area contributed by atoms with Crippen molar-refractivity contribution in [3.05, 3.63) is 34.3 Å². The maximum absolute atomic E-state index is 9.35. The van der Waals surface area contributed by atoms with Gasteiger partial charge < -0.3 is 5.11 Å². The monoisotopic (exact) mass is 253 g/mol. The Morgan fingerprint density at radius 2 is 2.29 bits per heavy atom. The molecule has 2 nitrogen and oxygen atoms in total. The molecule has 0 heterocycles. The van der Waals surface area contributed by atoms with Crippen molar-refractivity contribution >= 4 is 15.9 Å². The van der Waals surface area contributed by atoms with E-state index in [0.29, 0.717) is 6.42 Å². The second-order valence-corrected chi connectivity index (χ2v) is 4.10. The lowest BCUT2D eigenvalue weighted by molar-refractivity contribution is 0.170. The molecule has 1 aromatic rings. The first-order valence-corrected chi connectivity index (χ1v) is 5.31. The number of rotatable bonds is 4. The van der Waals surface area contributed by atoms with Gasteiger partial charge in [-0.3, -0.25) is 0 Å². The molecule has 0 bridgehead atoms. The first-order chi connectivity index (χ1) is 6.72. The number of aliphatic hydroxyl groups excluding tert-OH is 1. The standard InChI is InChI=1S/C11H12BrNO/c12-10-3-1-2-9(8-10)4-5-11(14)6-7-13/h1-3,8,11,14H,4-6H2. The van der Waals surface area contributed by atoms with Gasteiger partial charge in [-0.25, -0.2) is 0 Å². The molecule has 0 saturated carbocycles. The Labute approximate surface area is 92.3 Å². The Hall–Kier alpha value is -0.850. The average Bonchev–Trinajstić information content (AvgIpc) is 2.15. The Bertz CT molecular complexity index is 332. The van der Waals surface area contributed by atoms with E-state index in [0.717, 1.165) is 10.9 Å². The minimum Gasteiger partial charge on any atom is -0.392 e. The van der Waals surface area contributed by atoms with Crippen molar-refractivity contribution in [2.24, 2.45) is 0 Å². The van der Waals surface area contributed by atoms with Gasteiger partial charge in [-0.15, -0.1) is 0 Å². The van der Waals surface area contributed by atoms with Crippen LogP contribution in [0, 0.1) is 11.3 Å². The van der Waals surface area contributed by atoms with Crippen LogP contribution in [0.3, 0.4) is 0 Å². The zero-order chi connectivity index (χ0) is 10.4. The van der Waals surface area contributed by atoms with Crippen LogP contribution in [0.1, 0.15) is 18.4 Å². The van der Waals surface area contributed by atoms with Crippen LogP contribution in [0.4, 0.5) is 0 Å². The van der Waals surface area contributed by atoms with Gasteiger partial charge in [0.05, 0.1) is 18.6 Å². The second kappa shape index (κ2) is 5.79. The van der Waals surface area contributed by atoms with Crippen LogP contribution >= 0.6 is 15.9 Å². The molecule has 14 heavy (non-hydrogen) atoms. The van der Waals surface area contributed by atoms with E-state index < -0.39 is 6.10 Å². The van der Waals surface area contributed by atoms with Gasteiger partial charge >= 0.3 is 0 Å². The van der Waals surface area contributed by atoms with E-state index in [2.05, 4.69) is 15.9 Å². The zero-order valence-electron chi connectivity index (χ0n) is 7.78. The molecular weight excluding hydrogens is 242 g/mol. The van der Waals surface area contributed by atoms with Crippen molar-refractivity contribution in [3.8, 4) is 6.07 Å². The topological polar surface area (TPSA) is 44.0 Å². The quantitative estimate of drug-likeness (QED) is 0.897. The number of nitriles is 1. The van der Waals surface area contributed by atoms with Gasteiger partial charge in [0.15, 0.2) is 0 Å². The Morgan fingerprint density at radius 1 is 1.50 bits per heavy atom. The average molecular weight is 254 g/mol. The highest BCUT2D eigenvalue weighted by atomic mass is 79.9. The largest absolute Gasteiger partial charge is 0.392 e. The summed E-state index contributed by atoms with van der Waals surface area (Å²) in [7, 11) is 0. The maximum atomic E-state index is 9.35. The Morgan fingerprint density at radius 3 is 2.93 bits per heavy atom. The summed E-state index contributed by atoms with van der Waals surface area (Å²) >= 11 is 3.39. The molecule has 0 saturated heterocycles. The van der Waals surface area contributed by atoms with Gasteiger partial charge in [0, 0.05) is 4.47 Å². The molecule has 0 aliphatic rings. The summed E-state index contributed by atoms with van der Waals surface area (Å²) in [6, 6.07) is 9.94. The van der Waals surface area contributed by atoms with Gasteiger partial charge in [0.2, 0.25) is 0 Å². The van der Waals surface area contributed by atoms with Crippen molar-refractivity contribution in [1.82, 2.24) is 0 Å². The SMILES string of the molecule is N#CCC(O)CCc1cccc(Br)c1. The molecule has 0 aliphatic heterocycles. The molecular formula is C11H12BrNO. The van der Waals surface area contributed by atoms with Crippen molar-refractivity contribution in [1.29, 1.82) is 5.26 Å². The zero-order valence-corrected chi connectivity index (χ0v) is 9.37. The van der Waals surface area contributed by atoms with Gasteiger partial charge in [0.1, 0.15) is 0 Å². The molecule has 1 unspecified atom stereocenters. The van der Waals surface area contributed by atoms with Crippen LogP contribution in [0.25, 0.3) is 0 Å². The normalized spacial score (nSPS) is 12.1. The predicted molar refractivity (Wildman–Crippen MR) is 58.7 cm³/mol. The number of halogens is 1. The molecule has 1 aromatic carbocycles.